The van der Waals surface area contributed by atoms with Gasteiger partial charge >= 0.3 is 6.09 Å². The summed E-state index contributed by atoms with van der Waals surface area (Å²) < 4.78 is 11.2. The molecule has 30 heavy (non-hydrogen) atoms. The smallest absolute Gasteiger partial charge is 0.410 e. The van der Waals surface area contributed by atoms with Crippen LogP contribution in [0.5, 0.6) is 0 Å². The number of nitrogens with zero attached hydrogens (tertiary/aromatic N) is 2. The Morgan fingerprint density at radius 2 is 1.80 bits per heavy atom. The number of nitriles is 1. The zero-order chi connectivity index (χ0) is 21.1. The van der Waals surface area contributed by atoms with E-state index in [2.05, 4.69) is 6.07 Å². The van der Waals surface area contributed by atoms with Gasteiger partial charge in [0.1, 0.15) is 6.61 Å². The molecule has 4 rings (SSSR count). The lowest BCUT2D eigenvalue weighted by Gasteiger charge is -2.47. The Kier molecular flexibility index (Phi) is 5.82. The summed E-state index contributed by atoms with van der Waals surface area (Å²) in [6, 6.07) is 16.6. The molecule has 2 atom stereocenters. The van der Waals surface area contributed by atoms with Crippen molar-refractivity contribution in [3.8, 4) is 6.07 Å². The van der Waals surface area contributed by atoms with Crippen LogP contribution < -0.4 is 0 Å². The predicted molar refractivity (Wildman–Crippen MR) is 110 cm³/mol. The monoisotopic (exact) mass is 404 g/mol. The Morgan fingerprint density at radius 3 is 2.47 bits per heavy atom. The molecule has 2 aromatic carbocycles. The molecule has 2 unspecified atom stereocenters. The average molecular weight is 404 g/mol. The van der Waals surface area contributed by atoms with Gasteiger partial charge in [0, 0.05) is 11.5 Å². The Balaban J connectivity index is 1.46. The van der Waals surface area contributed by atoms with Crippen LogP contribution in [-0.4, -0.2) is 42.1 Å². The van der Waals surface area contributed by atoms with E-state index in [9.17, 15) is 14.9 Å². The number of ketones is 1. The van der Waals surface area contributed by atoms with Gasteiger partial charge in [-0.25, -0.2) is 4.79 Å². The number of piperidine rings is 1. The summed E-state index contributed by atoms with van der Waals surface area (Å²) in [5.41, 5.74) is 2.77. The summed E-state index contributed by atoms with van der Waals surface area (Å²) in [5, 5.41) is 9.26. The van der Waals surface area contributed by atoms with Crippen molar-refractivity contribution in [1.29, 1.82) is 5.26 Å². The molecule has 0 N–H and O–H groups in total. The number of fused-ring (bicyclic) bond motifs is 2. The quantitative estimate of drug-likeness (QED) is 0.723. The van der Waals surface area contributed by atoms with E-state index in [1.807, 2.05) is 37.3 Å². The highest BCUT2D eigenvalue weighted by molar-refractivity contribution is 5.99. The van der Waals surface area contributed by atoms with Crippen LogP contribution in [0.2, 0.25) is 0 Å². The topological polar surface area (TPSA) is 79.6 Å². The van der Waals surface area contributed by atoms with E-state index in [1.165, 1.54) is 0 Å². The van der Waals surface area contributed by atoms with Crippen molar-refractivity contribution in [3.63, 3.8) is 0 Å². The maximum atomic E-state index is 13.2. The van der Waals surface area contributed by atoms with E-state index in [0.29, 0.717) is 37.2 Å². The second-order valence-electron chi connectivity index (χ2n) is 7.92. The molecule has 0 radical (unpaired) electrons. The van der Waals surface area contributed by atoms with Gasteiger partial charge in [-0.1, -0.05) is 42.5 Å². The Hall–Kier alpha value is -3.17. The van der Waals surface area contributed by atoms with Gasteiger partial charge in [0.2, 0.25) is 0 Å². The van der Waals surface area contributed by atoms with Crippen molar-refractivity contribution in [1.82, 2.24) is 4.90 Å². The first-order valence-electron chi connectivity index (χ1n) is 10.2. The molecule has 2 aliphatic heterocycles. The summed E-state index contributed by atoms with van der Waals surface area (Å²) in [6.07, 6.45) is 0.712. The summed E-state index contributed by atoms with van der Waals surface area (Å²) in [5.74, 6) is -0.159. The van der Waals surface area contributed by atoms with Gasteiger partial charge in [0.25, 0.3) is 0 Å². The van der Waals surface area contributed by atoms with Gasteiger partial charge in [-0.3, -0.25) is 9.69 Å². The fraction of sp³-hybridized carbons (Fsp3) is 0.375. The van der Waals surface area contributed by atoms with Gasteiger partial charge < -0.3 is 9.47 Å². The van der Waals surface area contributed by atoms with Crippen LogP contribution in [0, 0.1) is 24.2 Å². The molecular formula is C24H24N2O4. The Morgan fingerprint density at radius 1 is 1.10 bits per heavy atom. The third-order valence-corrected chi connectivity index (χ3v) is 6.03. The summed E-state index contributed by atoms with van der Waals surface area (Å²) >= 11 is 0. The molecule has 0 spiro atoms. The highest BCUT2D eigenvalue weighted by Gasteiger charge is 2.44. The molecule has 0 saturated carbocycles. The first kappa shape index (κ1) is 20.1. The third kappa shape index (κ3) is 3.94. The molecule has 0 aromatic heterocycles. The van der Waals surface area contributed by atoms with E-state index in [-0.39, 0.29) is 36.5 Å². The first-order valence-corrected chi connectivity index (χ1v) is 10.2. The Bertz CT molecular complexity index is 968. The number of Topliss-reactive ketones (excluding diaryl/α,β-unsaturated/α-hetero) is 1. The number of morpholine rings is 1. The van der Waals surface area contributed by atoms with E-state index in [4.69, 9.17) is 9.47 Å². The lowest BCUT2D eigenvalue weighted by molar-refractivity contribution is -0.0755. The standard InChI is InChI=1S/C24H24N2O4/c1-16-18(12-25)8-5-9-22(16)23(27)19-10-20-14-29-15-21(11-19)26(20)24(28)30-13-17-6-3-2-4-7-17/h2-9,19-21H,10-11,13-15H2,1H3. The van der Waals surface area contributed by atoms with E-state index >= 15 is 0 Å². The van der Waals surface area contributed by atoms with Crippen molar-refractivity contribution < 1.29 is 19.1 Å². The largest absolute Gasteiger partial charge is 0.445 e. The normalized spacial score (nSPS) is 22.8. The minimum Gasteiger partial charge on any atom is -0.445 e. The van der Waals surface area contributed by atoms with Gasteiger partial charge in [-0.05, 0) is 37.0 Å². The van der Waals surface area contributed by atoms with Crippen LogP contribution in [0.3, 0.4) is 0 Å². The number of hydrogen-bond acceptors (Lipinski definition) is 5. The molecular weight excluding hydrogens is 380 g/mol. The second kappa shape index (κ2) is 8.68. The molecule has 6 nitrogen and oxygen atoms in total. The maximum Gasteiger partial charge on any atom is 0.410 e. The van der Waals surface area contributed by atoms with Gasteiger partial charge in [-0.15, -0.1) is 0 Å². The van der Waals surface area contributed by atoms with Crippen LogP contribution >= 0.6 is 0 Å². The molecule has 2 aliphatic rings. The molecule has 2 saturated heterocycles. The van der Waals surface area contributed by atoms with Crippen molar-refractivity contribution >= 4 is 11.9 Å². The lowest BCUT2D eigenvalue weighted by Crippen LogP contribution is -2.59. The number of carbonyl (C=O) groups excluding carboxylic acids is 2. The van der Waals surface area contributed by atoms with Gasteiger partial charge in [-0.2, -0.15) is 5.26 Å². The summed E-state index contributed by atoms with van der Waals surface area (Å²) in [7, 11) is 0. The molecule has 1 amide bonds. The number of ether oxygens (including phenoxy) is 2. The molecule has 2 bridgehead atoms. The van der Waals surface area contributed by atoms with Crippen LogP contribution in [0.4, 0.5) is 4.79 Å². The first-order chi connectivity index (χ1) is 14.6. The molecule has 0 aliphatic carbocycles. The number of amides is 1. The predicted octanol–water partition coefficient (Wildman–Crippen LogP) is 3.87. The minimum atomic E-state index is -0.356. The molecule has 6 heteroatoms. The highest BCUT2D eigenvalue weighted by atomic mass is 16.6. The summed E-state index contributed by atoms with van der Waals surface area (Å²) in [4.78, 5) is 27.8. The molecule has 2 aromatic rings. The van der Waals surface area contributed by atoms with Crippen molar-refractivity contribution in [2.75, 3.05) is 13.2 Å². The van der Waals surface area contributed by atoms with Crippen LogP contribution in [0.1, 0.15) is 39.9 Å². The van der Waals surface area contributed by atoms with Crippen LogP contribution in [-0.2, 0) is 16.1 Å². The van der Waals surface area contributed by atoms with Crippen molar-refractivity contribution in [2.45, 2.75) is 38.5 Å². The number of benzene rings is 2. The van der Waals surface area contributed by atoms with E-state index < -0.39 is 0 Å². The highest BCUT2D eigenvalue weighted by Crippen LogP contribution is 2.35. The van der Waals surface area contributed by atoms with Gasteiger partial charge in [0.15, 0.2) is 5.78 Å². The molecule has 2 fully saturated rings. The number of rotatable bonds is 4. The second-order valence-corrected chi connectivity index (χ2v) is 7.92. The summed E-state index contributed by atoms with van der Waals surface area (Å²) in [6.45, 7) is 2.83. The number of hydrogen-bond donors (Lipinski definition) is 0. The molecule has 2 heterocycles. The van der Waals surface area contributed by atoms with E-state index in [0.717, 1.165) is 11.1 Å². The SMILES string of the molecule is Cc1c(C#N)cccc1C(=O)C1CC2COCC(C1)N2C(=O)OCc1ccccc1. The third-order valence-electron chi connectivity index (χ3n) is 6.03. The minimum absolute atomic E-state index is 0.0406. The van der Waals surface area contributed by atoms with Crippen LogP contribution in [0.25, 0.3) is 0 Å². The average Bonchev–Trinajstić information content (AvgIpc) is 2.77. The van der Waals surface area contributed by atoms with Crippen molar-refractivity contribution in [3.05, 3.63) is 70.8 Å². The zero-order valence-corrected chi connectivity index (χ0v) is 16.9. The molecule has 154 valence electrons. The van der Waals surface area contributed by atoms with Crippen LogP contribution in [0.15, 0.2) is 48.5 Å². The fourth-order valence-electron chi connectivity index (χ4n) is 4.46. The lowest BCUT2D eigenvalue weighted by atomic mass is 9.80. The zero-order valence-electron chi connectivity index (χ0n) is 16.9. The fourth-order valence-corrected chi connectivity index (χ4v) is 4.46. The van der Waals surface area contributed by atoms with E-state index in [1.54, 1.807) is 23.1 Å². The van der Waals surface area contributed by atoms with Gasteiger partial charge in [0.05, 0.1) is 36.9 Å². The van der Waals surface area contributed by atoms with Crippen molar-refractivity contribution in [2.24, 2.45) is 5.92 Å². The number of carbonyl (C=O) groups is 2. The maximum absolute atomic E-state index is 13.2. The Labute approximate surface area is 176 Å².